The van der Waals surface area contributed by atoms with Gasteiger partial charge in [-0.25, -0.2) is 13.4 Å². The fourth-order valence-corrected chi connectivity index (χ4v) is 5.44. The van der Waals surface area contributed by atoms with Crippen molar-refractivity contribution in [3.8, 4) is 0 Å². The number of aromatic nitrogens is 2. The van der Waals surface area contributed by atoms with E-state index in [4.69, 9.17) is 4.98 Å². The lowest BCUT2D eigenvalue weighted by Crippen LogP contribution is -2.43. The topological polar surface area (TPSA) is 103 Å². The smallest absolute Gasteiger partial charge is 0.255 e. The minimum absolute atomic E-state index is 0.00626. The van der Waals surface area contributed by atoms with Crippen LogP contribution in [0, 0.1) is 0 Å². The van der Waals surface area contributed by atoms with Gasteiger partial charge in [0.25, 0.3) is 5.56 Å². The summed E-state index contributed by atoms with van der Waals surface area (Å²) in [5.74, 6) is 0.542. The van der Waals surface area contributed by atoms with Crippen LogP contribution in [0.4, 0.5) is 0 Å². The summed E-state index contributed by atoms with van der Waals surface area (Å²) in [5.41, 5.74) is 1.70. The van der Waals surface area contributed by atoms with E-state index < -0.39 is 10.0 Å². The van der Waals surface area contributed by atoms with E-state index >= 15 is 0 Å². The van der Waals surface area contributed by atoms with Gasteiger partial charge in [-0.2, -0.15) is 4.31 Å². The lowest BCUT2D eigenvalue weighted by molar-refractivity contribution is -0.134. The number of carbonyl (C=O) groups is 1. The molecule has 1 aromatic carbocycles. The highest BCUT2D eigenvalue weighted by Gasteiger charge is 2.33. The molecule has 1 atom stereocenters. The van der Waals surface area contributed by atoms with Crippen molar-refractivity contribution in [1.29, 1.82) is 0 Å². The van der Waals surface area contributed by atoms with Gasteiger partial charge in [-0.05, 0) is 31.7 Å². The number of benzene rings is 1. The first kappa shape index (κ1) is 21.7. The molecule has 0 unspecified atom stereocenters. The molecule has 0 saturated carbocycles. The second kappa shape index (κ2) is 8.92. The normalized spacial score (nSPS) is 19.8. The summed E-state index contributed by atoms with van der Waals surface area (Å²) in [5, 5.41) is 0. The molecular formula is C22H28N4O4S. The Kier molecular flexibility index (Phi) is 6.24. The Balaban J connectivity index is 1.59. The number of likely N-dealkylation sites (tertiary alicyclic amines) is 1. The number of fused-ring (bicyclic) bond motifs is 1. The number of sulfonamides is 1. The Morgan fingerprint density at radius 1 is 1.19 bits per heavy atom. The van der Waals surface area contributed by atoms with Gasteiger partial charge in [0.1, 0.15) is 5.82 Å². The van der Waals surface area contributed by atoms with E-state index in [0.29, 0.717) is 43.0 Å². The number of hydrogen-bond donors (Lipinski definition) is 1. The molecule has 31 heavy (non-hydrogen) atoms. The van der Waals surface area contributed by atoms with Crippen LogP contribution >= 0.6 is 0 Å². The summed E-state index contributed by atoms with van der Waals surface area (Å²) in [6.07, 6.45) is 3.35. The largest absolute Gasteiger partial charge is 0.332 e. The quantitative estimate of drug-likeness (QED) is 0.757. The Morgan fingerprint density at radius 2 is 1.97 bits per heavy atom. The molecule has 3 heterocycles. The van der Waals surface area contributed by atoms with Gasteiger partial charge in [-0.3, -0.25) is 9.59 Å². The molecule has 2 aliphatic rings. The zero-order valence-electron chi connectivity index (χ0n) is 17.7. The molecule has 0 spiro atoms. The Morgan fingerprint density at radius 3 is 2.71 bits per heavy atom. The fourth-order valence-electron chi connectivity index (χ4n) is 4.38. The van der Waals surface area contributed by atoms with Crippen molar-refractivity contribution in [1.82, 2.24) is 19.2 Å². The van der Waals surface area contributed by atoms with Crippen molar-refractivity contribution in [2.24, 2.45) is 0 Å². The third-order valence-electron chi connectivity index (χ3n) is 6.15. The zero-order valence-corrected chi connectivity index (χ0v) is 18.5. The molecule has 166 valence electrons. The van der Waals surface area contributed by atoms with Gasteiger partial charge in [0, 0.05) is 26.1 Å². The Bertz CT molecular complexity index is 1110. The first-order chi connectivity index (χ1) is 14.9. The van der Waals surface area contributed by atoms with E-state index in [1.165, 1.54) is 4.31 Å². The third-order valence-corrected chi connectivity index (χ3v) is 7.98. The molecule has 4 rings (SSSR count). The summed E-state index contributed by atoms with van der Waals surface area (Å²) < 4.78 is 25.8. The lowest BCUT2D eigenvalue weighted by Gasteiger charge is -2.36. The monoisotopic (exact) mass is 444 g/mol. The van der Waals surface area contributed by atoms with Crippen molar-refractivity contribution in [3.63, 3.8) is 0 Å². The number of nitrogens with one attached hydrogen (secondary N) is 1. The number of amides is 1. The molecule has 8 nitrogen and oxygen atoms in total. The molecule has 1 amide bonds. The van der Waals surface area contributed by atoms with Gasteiger partial charge in [0.05, 0.1) is 29.5 Å². The number of rotatable bonds is 5. The summed E-state index contributed by atoms with van der Waals surface area (Å²) in [6.45, 7) is 2.61. The fraction of sp³-hybridized carbons (Fsp3) is 0.500. The highest BCUT2D eigenvalue weighted by Crippen LogP contribution is 2.30. The average molecular weight is 445 g/mol. The van der Waals surface area contributed by atoms with Crippen LogP contribution < -0.4 is 5.56 Å². The molecule has 1 aromatic heterocycles. The minimum atomic E-state index is -3.36. The molecular weight excluding hydrogens is 416 g/mol. The predicted molar refractivity (Wildman–Crippen MR) is 117 cm³/mol. The highest BCUT2D eigenvalue weighted by molar-refractivity contribution is 7.89. The second-order valence-corrected chi connectivity index (χ2v) is 10.4. The van der Waals surface area contributed by atoms with Crippen LogP contribution in [-0.2, 0) is 34.2 Å². The predicted octanol–water partition coefficient (Wildman–Crippen LogP) is 1.77. The highest BCUT2D eigenvalue weighted by atomic mass is 32.2. The van der Waals surface area contributed by atoms with Crippen LogP contribution in [0.2, 0.25) is 0 Å². The second-order valence-electron chi connectivity index (χ2n) is 8.12. The van der Waals surface area contributed by atoms with Gasteiger partial charge in [0.15, 0.2) is 0 Å². The van der Waals surface area contributed by atoms with Crippen LogP contribution in [-0.4, -0.2) is 52.3 Å². The lowest BCUT2D eigenvalue weighted by atomic mass is 9.99. The molecule has 1 fully saturated rings. The summed E-state index contributed by atoms with van der Waals surface area (Å²) in [4.78, 5) is 35.3. The summed E-state index contributed by atoms with van der Waals surface area (Å²) in [7, 11) is -3.36. The zero-order chi connectivity index (χ0) is 22.0. The molecule has 1 saturated heterocycles. The SMILES string of the molecule is CCS(=O)(=O)N1CCc2nc([C@@H]3CCCCN3C(=O)Cc3ccccc3)[nH]c(=O)c2C1. The molecule has 0 radical (unpaired) electrons. The van der Waals surface area contributed by atoms with E-state index in [-0.39, 0.29) is 29.8 Å². The van der Waals surface area contributed by atoms with Crippen LogP contribution in [0.5, 0.6) is 0 Å². The first-order valence-electron chi connectivity index (χ1n) is 10.8. The first-order valence-corrected chi connectivity index (χ1v) is 12.4. The number of carbonyl (C=O) groups excluding carboxylic acids is 1. The van der Waals surface area contributed by atoms with E-state index in [2.05, 4.69) is 4.98 Å². The number of hydrogen-bond acceptors (Lipinski definition) is 5. The van der Waals surface area contributed by atoms with Gasteiger partial charge in [0.2, 0.25) is 15.9 Å². The molecule has 0 aliphatic carbocycles. The molecule has 2 aliphatic heterocycles. The third kappa shape index (κ3) is 4.57. The Hall–Kier alpha value is -2.52. The maximum Gasteiger partial charge on any atom is 0.255 e. The van der Waals surface area contributed by atoms with Gasteiger partial charge < -0.3 is 9.88 Å². The number of nitrogens with zero attached hydrogens (tertiary/aromatic N) is 3. The van der Waals surface area contributed by atoms with E-state index in [1.807, 2.05) is 35.2 Å². The van der Waals surface area contributed by atoms with E-state index in [1.54, 1.807) is 6.92 Å². The summed E-state index contributed by atoms with van der Waals surface area (Å²) in [6, 6.07) is 9.37. The molecule has 1 N–H and O–H groups in total. The summed E-state index contributed by atoms with van der Waals surface area (Å²) >= 11 is 0. The standard InChI is InChI=1S/C22H28N4O4S/c1-2-31(29,30)25-13-11-18-17(15-25)22(28)24-21(23-18)19-10-6-7-12-26(19)20(27)14-16-8-4-3-5-9-16/h3-5,8-9,19H,2,6-7,10-15H2,1H3,(H,23,24,28)/t19-/m0/s1. The van der Waals surface area contributed by atoms with Crippen molar-refractivity contribution in [3.05, 3.63) is 63.3 Å². The molecule has 9 heteroatoms. The maximum absolute atomic E-state index is 13.0. The van der Waals surface area contributed by atoms with Crippen LogP contribution in [0.3, 0.4) is 0 Å². The van der Waals surface area contributed by atoms with Crippen molar-refractivity contribution in [2.75, 3.05) is 18.8 Å². The molecule has 0 bridgehead atoms. The number of aromatic amines is 1. The van der Waals surface area contributed by atoms with Gasteiger partial charge >= 0.3 is 0 Å². The van der Waals surface area contributed by atoms with Crippen LogP contribution in [0.25, 0.3) is 0 Å². The number of piperidine rings is 1. The average Bonchev–Trinajstić information content (AvgIpc) is 2.79. The van der Waals surface area contributed by atoms with Crippen molar-refractivity contribution < 1.29 is 13.2 Å². The number of H-pyrrole nitrogens is 1. The van der Waals surface area contributed by atoms with Crippen LogP contribution in [0.15, 0.2) is 35.1 Å². The van der Waals surface area contributed by atoms with E-state index in [0.717, 1.165) is 24.8 Å². The van der Waals surface area contributed by atoms with E-state index in [9.17, 15) is 18.0 Å². The minimum Gasteiger partial charge on any atom is -0.332 e. The van der Waals surface area contributed by atoms with Gasteiger partial charge in [-0.15, -0.1) is 0 Å². The molecule has 2 aromatic rings. The maximum atomic E-state index is 13.0. The Labute approximate surface area is 182 Å². The van der Waals surface area contributed by atoms with Crippen LogP contribution in [0.1, 0.15) is 54.9 Å². The van der Waals surface area contributed by atoms with Gasteiger partial charge in [-0.1, -0.05) is 30.3 Å². The van der Waals surface area contributed by atoms with Crippen molar-refractivity contribution >= 4 is 15.9 Å². The van der Waals surface area contributed by atoms with Crippen molar-refractivity contribution in [2.45, 2.75) is 51.6 Å².